The Morgan fingerprint density at radius 1 is 1.00 bits per heavy atom. The number of amides is 2. The lowest BCUT2D eigenvalue weighted by Crippen LogP contribution is -2.33. The van der Waals surface area contributed by atoms with Crippen molar-refractivity contribution in [3.05, 3.63) is 112 Å². The summed E-state index contributed by atoms with van der Waals surface area (Å²) in [5, 5.41) is 14.4. The summed E-state index contributed by atoms with van der Waals surface area (Å²) in [5.41, 5.74) is 2.49. The molecule has 0 saturated heterocycles. The van der Waals surface area contributed by atoms with Crippen molar-refractivity contribution >= 4 is 34.1 Å². The fourth-order valence-electron chi connectivity index (χ4n) is 4.80. The number of hydrogen-bond donors (Lipinski definition) is 2. The molecule has 0 saturated carbocycles. The highest BCUT2D eigenvalue weighted by atomic mass is 16.2. The lowest BCUT2D eigenvalue weighted by molar-refractivity contribution is 0.0938. The zero-order valence-corrected chi connectivity index (χ0v) is 22.4. The summed E-state index contributed by atoms with van der Waals surface area (Å²) in [5.74, 6) is -0.478. The average Bonchev–Trinajstić information content (AvgIpc) is 3.55. The Kier molecular flexibility index (Phi) is 6.34. The van der Waals surface area contributed by atoms with E-state index >= 15 is 0 Å². The third-order valence-electron chi connectivity index (χ3n) is 6.69. The first-order valence-electron chi connectivity index (χ1n) is 12.8. The van der Waals surface area contributed by atoms with E-state index < -0.39 is 23.4 Å². The minimum Gasteiger partial charge on any atom is -0.342 e. The molecule has 1 unspecified atom stereocenters. The molecule has 0 aliphatic carbocycles. The number of carbonyl (C=O) groups is 2. The topological polar surface area (TPSA) is 141 Å². The number of nitrogens with one attached hydrogen (secondary N) is 2. The van der Waals surface area contributed by atoms with Gasteiger partial charge >= 0.3 is 0 Å². The predicted molar refractivity (Wildman–Crippen MR) is 152 cm³/mol. The van der Waals surface area contributed by atoms with Crippen molar-refractivity contribution in [1.29, 1.82) is 0 Å². The number of fused-ring (bicyclic) bond motifs is 2. The Morgan fingerprint density at radius 2 is 1.80 bits per heavy atom. The highest BCUT2D eigenvalue weighted by Gasteiger charge is 2.25. The molecule has 2 aromatic carbocycles. The Balaban J connectivity index is 1.45. The van der Waals surface area contributed by atoms with Crippen molar-refractivity contribution in [2.24, 2.45) is 7.05 Å². The van der Waals surface area contributed by atoms with E-state index in [1.54, 1.807) is 80.4 Å². The average molecular weight is 548 g/mol. The van der Waals surface area contributed by atoms with Gasteiger partial charge in [0.05, 0.1) is 45.8 Å². The Labute approximate surface area is 233 Å². The second kappa shape index (κ2) is 10.2. The first-order valence-corrected chi connectivity index (χ1v) is 12.8. The molecule has 41 heavy (non-hydrogen) atoms. The van der Waals surface area contributed by atoms with Crippen molar-refractivity contribution in [1.82, 2.24) is 39.2 Å². The van der Waals surface area contributed by atoms with E-state index in [0.717, 1.165) is 0 Å². The normalized spacial score (nSPS) is 12.0. The van der Waals surface area contributed by atoms with Crippen LogP contribution >= 0.6 is 0 Å². The maximum Gasteiger partial charge on any atom is 0.268 e. The third kappa shape index (κ3) is 4.61. The molecule has 6 aromatic rings. The van der Waals surface area contributed by atoms with Crippen LogP contribution in [0.5, 0.6) is 0 Å². The summed E-state index contributed by atoms with van der Waals surface area (Å²) < 4.78 is 4.52. The Morgan fingerprint density at radius 3 is 2.56 bits per heavy atom. The van der Waals surface area contributed by atoms with E-state index in [0.29, 0.717) is 45.2 Å². The largest absolute Gasteiger partial charge is 0.342 e. The van der Waals surface area contributed by atoms with E-state index in [2.05, 4.69) is 25.8 Å². The first-order chi connectivity index (χ1) is 19.8. The maximum atomic E-state index is 14.2. The number of para-hydroxylation sites is 1. The van der Waals surface area contributed by atoms with Gasteiger partial charge in [-0.3, -0.25) is 23.6 Å². The summed E-state index contributed by atoms with van der Waals surface area (Å²) in [6, 6.07) is 15.1. The Bertz CT molecular complexity index is 2010. The summed E-state index contributed by atoms with van der Waals surface area (Å²) in [7, 11) is 1.71. The summed E-state index contributed by atoms with van der Waals surface area (Å²) in [6.07, 6.45) is 6.35. The summed E-state index contributed by atoms with van der Waals surface area (Å²) in [4.78, 5) is 49.7. The molecule has 0 aliphatic rings. The summed E-state index contributed by atoms with van der Waals surface area (Å²) >= 11 is 0. The quantitative estimate of drug-likeness (QED) is 0.326. The lowest BCUT2D eigenvalue weighted by atomic mass is 10.1. The smallest absolute Gasteiger partial charge is 0.268 e. The fourth-order valence-corrected chi connectivity index (χ4v) is 4.80. The van der Waals surface area contributed by atoms with Gasteiger partial charge < -0.3 is 10.6 Å². The van der Waals surface area contributed by atoms with Crippen molar-refractivity contribution in [2.45, 2.75) is 19.9 Å². The number of rotatable bonds is 6. The zero-order chi connectivity index (χ0) is 28.7. The number of benzene rings is 2. The fraction of sp³-hybridized carbons (Fsp3) is 0.138. The number of anilines is 1. The number of hydrogen-bond acceptors (Lipinski definition) is 7. The molecule has 0 radical (unpaired) electrons. The molecule has 4 aromatic heterocycles. The van der Waals surface area contributed by atoms with Crippen molar-refractivity contribution < 1.29 is 9.59 Å². The maximum absolute atomic E-state index is 14.2. The van der Waals surface area contributed by atoms with Crippen molar-refractivity contribution in [2.75, 3.05) is 5.32 Å². The highest BCUT2D eigenvalue weighted by Crippen LogP contribution is 2.24. The minimum absolute atomic E-state index is 0.235. The molecule has 0 bridgehead atoms. The van der Waals surface area contributed by atoms with Crippen LogP contribution in [0.2, 0.25) is 0 Å². The van der Waals surface area contributed by atoms with Gasteiger partial charge in [-0.15, -0.1) is 0 Å². The van der Waals surface area contributed by atoms with Gasteiger partial charge in [0, 0.05) is 25.6 Å². The van der Waals surface area contributed by atoms with Gasteiger partial charge in [0.1, 0.15) is 11.4 Å². The van der Waals surface area contributed by atoms with Crippen LogP contribution in [0.3, 0.4) is 0 Å². The minimum atomic E-state index is -0.688. The van der Waals surface area contributed by atoms with E-state index in [9.17, 15) is 14.4 Å². The van der Waals surface area contributed by atoms with Crippen LogP contribution in [-0.2, 0) is 7.05 Å². The molecular weight excluding hydrogens is 522 g/mol. The van der Waals surface area contributed by atoms with Crippen LogP contribution in [0.25, 0.3) is 22.2 Å². The number of aromatic nitrogens is 7. The second-order valence-corrected chi connectivity index (χ2v) is 9.55. The molecule has 12 heteroatoms. The molecule has 12 nitrogen and oxygen atoms in total. The van der Waals surface area contributed by atoms with Crippen LogP contribution in [0.4, 0.5) is 5.69 Å². The van der Waals surface area contributed by atoms with Crippen LogP contribution in [0.1, 0.15) is 45.2 Å². The number of carbonyl (C=O) groups excluding carboxylic acids is 2. The third-order valence-corrected chi connectivity index (χ3v) is 6.69. The van der Waals surface area contributed by atoms with Crippen LogP contribution in [0, 0.1) is 6.92 Å². The predicted octanol–water partition coefficient (Wildman–Crippen LogP) is 3.21. The molecular formula is C29H25N9O3. The van der Waals surface area contributed by atoms with E-state index in [-0.39, 0.29) is 5.39 Å². The van der Waals surface area contributed by atoms with Gasteiger partial charge in [-0.25, -0.2) is 14.5 Å². The van der Waals surface area contributed by atoms with Crippen LogP contribution in [-0.4, -0.2) is 45.7 Å². The molecule has 4 heterocycles. The highest BCUT2D eigenvalue weighted by molar-refractivity contribution is 6.08. The van der Waals surface area contributed by atoms with Gasteiger partial charge in [-0.2, -0.15) is 10.2 Å². The number of aryl methyl sites for hydroxylation is 2. The molecule has 0 fully saturated rings. The van der Waals surface area contributed by atoms with Gasteiger partial charge in [-0.05, 0) is 44.2 Å². The van der Waals surface area contributed by atoms with Gasteiger partial charge in [-0.1, -0.05) is 24.3 Å². The number of nitrogens with zero attached hydrogens (tertiary/aromatic N) is 7. The van der Waals surface area contributed by atoms with Crippen LogP contribution < -0.4 is 16.2 Å². The van der Waals surface area contributed by atoms with Crippen LogP contribution in [0.15, 0.2) is 84.2 Å². The van der Waals surface area contributed by atoms with E-state index in [4.69, 9.17) is 4.98 Å². The molecule has 0 spiro atoms. The van der Waals surface area contributed by atoms with Crippen molar-refractivity contribution in [3.63, 3.8) is 0 Å². The summed E-state index contributed by atoms with van der Waals surface area (Å²) in [6.45, 7) is 3.50. The molecule has 2 N–H and O–H groups in total. The van der Waals surface area contributed by atoms with Gasteiger partial charge in [0.2, 0.25) is 0 Å². The van der Waals surface area contributed by atoms with Crippen molar-refractivity contribution in [3.8, 4) is 5.69 Å². The lowest BCUT2D eigenvalue weighted by Gasteiger charge is -2.20. The van der Waals surface area contributed by atoms with Gasteiger partial charge in [0.15, 0.2) is 5.65 Å². The molecule has 204 valence electrons. The monoisotopic (exact) mass is 547 g/mol. The standard InChI is InChI=1S/C29H25N9O3/c1-17-23(26-30-13-8-14-37(26)35-17)28(40)32-18(2)25-33-21-11-7-12-22(34-27(39)19-15-31-36(3)16-19)24(21)29(41)38(25)20-9-5-4-6-10-20/h4-16,18H,1-3H3,(H,32,40)(H,34,39). The van der Waals surface area contributed by atoms with E-state index in [1.165, 1.54) is 15.4 Å². The van der Waals surface area contributed by atoms with E-state index in [1.807, 2.05) is 18.2 Å². The molecule has 6 rings (SSSR count). The SMILES string of the molecule is Cc1nn2cccnc2c1C(=O)NC(C)c1nc2cccc(NC(=O)c3cnn(C)c3)c2c(=O)n1-c1ccccc1. The second-order valence-electron chi connectivity index (χ2n) is 9.55. The Hall–Kier alpha value is -5.65. The molecule has 1 atom stereocenters. The molecule has 2 amide bonds. The first kappa shape index (κ1) is 25.6. The zero-order valence-electron chi connectivity index (χ0n) is 22.4. The van der Waals surface area contributed by atoms with Gasteiger partial charge in [0.25, 0.3) is 17.4 Å². The molecule has 0 aliphatic heterocycles.